The normalized spacial score (nSPS) is 13.0. The van der Waals surface area contributed by atoms with Gasteiger partial charge in [-0.2, -0.15) is 5.10 Å². The van der Waals surface area contributed by atoms with Crippen LogP contribution in [0.3, 0.4) is 0 Å². The van der Waals surface area contributed by atoms with Crippen molar-refractivity contribution < 1.29 is 0 Å². The number of aromatic nitrogens is 3. The average molecular weight is 292 g/mol. The smallest absolute Gasteiger partial charge is 0.138 e. The molecule has 1 N–H and O–H groups in total. The van der Waals surface area contributed by atoms with E-state index in [1.165, 1.54) is 24.1 Å². The molecule has 0 saturated heterocycles. The summed E-state index contributed by atoms with van der Waals surface area (Å²) in [6.45, 7) is 4.28. The van der Waals surface area contributed by atoms with Gasteiger partial charge in [0, 0.05) is 23.4 Å². The highest BCUT2D eigenvalue weighted by molar-refractivity contribution is 7.09. The lowest BCUT2D eigenvalue weighted by molar-refractivity contribution is 0.451. The van der Waals surface area contributed by atoms with Gasteiger partial charge in [-0.1, -0.05) is 6.07 Å². The molecule has 0 bridgehead atoms. The van der Waals surface area contributed by atoms with Crippen molar-refractivity contribution in [3.05, 3.63) is 34.5 Å². The highest BCUT2D eigenvalue weighted by Gasteiger charge is 2.13. The van der Waals surface area contributed by atoms with E-state index < -0.39 is 0 Å². The second-order valence-electron chi connectivity index (χ2n) is 5.38. The molecule has 2 aromatic rings. The molecule has 110 valence electrons. The summed E-state index contributed by atoms with van der Waals surface area (Å²) >= 11 is 1.85. The molecule has 0 aliphatic rings. The van der Waals surface area contributed by atoms with Gasteiger partial charge >= 0.3 is 0 Å². The number of thiophene rings is 1. The second kappa shape index (κ2) is 7.55. The first-order valence-electron chi connectivity index (χ1n) is 7.28. The molecular weight excluding hydrogens is 268 g/mol. The molecule has 0 aliphatic carbocycles. The van der Waals surface area contributed by atoms with Crippen molar-refractivity contribution in [1.82, 2.24) is 20.1 Å². The van der Waals surface area contributed by atoms with Crippen LogP contribution in [0.4, 0.5) is 0 Å². The highest BCUT2D eigenvalue weighted by atomic mass is 32.1. The Balaban J connectivity index is 1.84. The third-order valence-corrected chi connectivity index (χ3v) is 4.47. The van der Waals surface area contributed by atoms with Crippen molar-refractivity contribution in [3.63, 3.8) is 0 Å². The average Bonchev–Trinajstić information content (AvgIpc) is 3.08. The van der Waals surface area contributed by atoms with Gasteiger partial charge in [-0.3, -0.25) is 0 Å². The van der Waals surface area contributed by atoms with Crippen LogP contribution >= 0.6 is 11.3 Å². The van der Waals surface area contributed by atoms with Gasteiger partial charge in [-0.05, 0) is 51.6 Å². The molecule has 20 heavy (non-hydrogen) atoms. The molecule has 1 unspecified atom stereocenters. The monoisotopic (exact) mass is 292 g/mol. The minimum Gasteiger partial charge on any atom is -0.317 e. The van der Waals surface area contributed by atoms with Gasteiger partial charge in [0.1, 0.15) is 12.2 Å². The summed E-state index contributed by atoms with van der Waals surface area (Å²) in [5.41, 5.74) is 0. The van der Waals surface area contributed by atoms with Gasteiger partial charge in [0.2, 0.25) is 0 Å². The zero-order chi connectivity index (χ0) is 14.4. The summed E-state index contributed by atoms with van der Waals surface area (Å²) in [5.74, 6) is 1.08. The molecule has 0 spiro atoms. The lowest BCUT2D eigenvalue weighted by Gasteiger charge is -2.17. The van der Waals surface area contributed by atoms with Crippen molar-refractivity contribution in [1.29, 1.82) is 0 Å². The van der Waals surface area contributed by atoms with E-state index in [4.69, 9.17) is 0 Å². The maximum atomic E-state index is 4.40. The van der Waals surface area contributed by atoms with Crippen LogP contribution in [-0.2, 0) is 12.8 Å². The van der Waals surface area contributed by atoms with E-state index in [0.717, 1.165) is 12.2 Å². The van der Waals surface area contributed by atoms with Crippen LogP contribution in [0.5, 0.6) is 0 Å². The third kappa shape index (κ3) is 4.15. The quantitative estimate of drug-likeness (QED) is 0.813. The maximum Gasteiger partial charge on any atom is 0.138 e. The Hall–Kier alpha value is -1.20. The first-order chi connectivity index (χ1) is 9.70. The minimum absolute atomic E-state index is 0.371. The number of rotatable bonds is 8. The second-order valence-corrected chi connectivity index (χ2v) is 6.41. The number of hydrogen-bond acceptors (Lipinski definition) is 4. The molecule has 0 saturated carbocycles. The standard InChI is InChI=1S/C15H24N4S/c1-12(2)19-15(17-11-18-19)10-13(16-3)6-4-7-14-8-5-9-20-14/h5,8-9,11-13,16H,4,6-7,10H2,1-3H3. The van der Waals surface area contributed by atoms with Gasteiger partial charge in [0.05, 0.1) is 0 Å². The predicted octanol–water partition coefficient (Wildman–Crippen LogP) is 3.07. The van der Waals surface area contributed by atoms with Crippen LogP contribution < -0.4 is 5.32 Å². The molecule has 0 fully saturated rings. The lowest BCUT2D eigenvalue weighted by atomic mass is 10.1. The summed E-state index contributed by atoms with van der Waals surface area (Å²) in [6, 6.07) is 5.18. The zero-order valence-electron chi connectivity index (χ0n) is 12.5. The number of nitrogens with zero attached hydrogens (tertiary/aromatic N) is 3. The minimum atomic E-state index is 0.371. The van der Waals surface area contributed by atoms with Crippen molar-refractivity contribution >= 4 is 11.3 Å². The van der Waals surface area contributed by atoms with Gasteiger partial charge in [0.25, 0.3) is 0 Å². The first-order valence-corrected chi connectivity index (χ1v) is 8.16. The van der Waals surface area contributed by atoms with Crippen LogP contribution in [-0.4, -0.2) is 27.9 Å². The summed E-state index contributed by atoms with van der Waals surface area (Å²) in [5, 5.41) is 9.86. The van der Waals surface area contributed by atoms with Crippen molar-refractivity contribution in [2.24, 2.45) is 0 Å². The number of aryl methyl sites for hydroxylation is 1. The molecule has 2 aromatic heterocycles. The number of likely N-dealkylation sites (N-methyl/N-ethyl adjacent to an activating group) is 1. The van der Waals surface area contributed by atoms with E-state index in [9.17, 15) is 0 Å². The number of hydrogen-bond donors (Lipinski definition) is 1. The third-order valence-electron chi connectivity index (χ3n) is 3.53. The highest BCUT2D eigenvalue weighted by Crippen LogP contribution is 2.14. The van der Waals surface area contributed by atoms with Gasteiger partial charge in [-0.15, -0.1) is 11.3 Å². The van der Waals surface area contributed by atoms with Crippen molar-refractivity contribution in [2.75, 3.05) is 7.05 Å². The fraction of sp³-hybridized carbons (Fsp3) is 0.600. The molecule has 0 aromatic carbocycles. The predicted molar refractivity (Wildman–Crippen MR) is 84.2 cm³/mol. The van der Waals surface area contributed by atoms with E-state index in [1.807, 2.05) is 23.1 Å². The summed E-state index contributed by atoms with van der Waals surface area (Å²) in [4.78, 5) is 5.87. The Morgan fingerprint density at radius 3 is 2.90 bits per heavy atom. The Bertz CT molecular complexity index is 490. The molecule has 0 amide bonds. The Kier molecular flexibility index (Phi) is 5.73. The molecule has 5 heteroatoms. The van der Waals surface area contributed by atoms with Crippen molar-refractivity contribution in [3.8, 4) is 0 Å². The molecule has 0 aliphatic heterocycles. The number of nitrogens with one attached hydrogen (secondary N) is 1. The van der Waals surface area contributed by atoms with E-state index in [1.54, 1.807) is 6.33 Å². The molecule has 0 radical (unpaired) electrons. The van der Waals surface area contributed by atoms with E-state index in [2.05, 4.69) is 46.8 Å². The van der Waals surface area contributed by atoms with Gasteiger partial charge in [0.15, 0.2) is 0 Å². The topological polar surface area (TPSA) is 42.7 Å². The zero-order valence-corrected chi connectivity index (χ0v) is 13.4. The molecule has 2 heterocycles. The van der Waals surface area contributed by atoms with E-state index in [-0.39, 0.29) is 0 Å². The molecule has 1 atom stereocenters. The van der Waals surface area contributed by atoms with E-state index >= 15 is 0 Å². The van der Waals surface area contributed by atoms with Crippen LogP contribution in [0, 0.1) is 0 Å². The Labute approximate surface area is 125 Å². The Morgan fingerprint density at radius 1 is 1.40 bits per heavy atom. The van der Waals surface area contributed by atoms with Crippen molar-refractivity contribution in [2.45, 2.75) is 51.6 Å². The van der Waals surface area contributed by atoms with Gasteiger partial charge in [-0.25, -0.2) is 9.67 Å². The Morgan fingerprint density at radius 2 is 2.25 bits per heavy atom. The van der Waals surface area contributed by atoms with Crippen LogP contribution in [0.15, 0.2) is 23.8 Å². The van der Waals surface area contributed by atoms with Crippen LogP contribution in [0.2, 0.25) is 0 Å². The largest absolute Gasteiger partial charge is 0.317 e. The van der Waals surface area contributed by atoms with Crippen LogP contribution in [0.25, 0.3) is 0 Å². The lowest BCUT2D eigenvalue weighted by Crippen LogP contribution is -2.29. The fourth-order valence-electron chi connectivity index (χ4n) is 2.40. The van der Waals surface area contributed by atoms with Crippen LogP contribution in [0.1, 0.15) is 43.4 Å². The molecule has 4 nitrogen and oxygen atoms in total. The fourth-order valence-corrected chi connectivity index (χ4v) is 3.15. The molecule has 2 rings (SSSR count). The van der Waals surface area contributed by atoms with E-state index in [0.29, 0.717) is 12.1 Å². The maximum absolute atomic E-state index is 4.40. The summed E-state index contributed by atoms with van der Waals surface area (Å²) in [7, 11) is 2.03. The summed E-state index contributed by atoms with van der Waals surface area (Å²) in [6.07, 6.45) is 6.15. The first kappa shape index (κ1) is 15.2. The SMILES string of the molecule is CNC(CCCc1cccs1)Cc1ncnn1C(C)C. The van der Waals surface area contributed by atoms with Gasteiger partial charge < -0.3 is 5.32 Å². The summed E-state index contributed by atoms with van der Waals surface area (Å²) < 4.78 is 2.02. The molecular formula is C15H24N4S.